The van der Waals surface area contributed by atoms with Gasteiger partial charge in [-0.3, -0.25) is 9.59 Å². The second-order valence-corrected chi connectivity index (χ2v) is 3.97. The molecule has 0 fully saturated rings. The lowest BCUT2D eigenvalue weighted by atomic mass is 10.1. The number of esters is 1. The first-order chi connectivity index (χ1) is 7.57. The molecule has 0 saturated carbocycles. The summed E-state index contributed by atoms with van der Waals surface area (Å²) in [6.07, 6.45) is 4.63. The molecule has 0 aromatic carbocycles. The number of rotatable bonds is 9. The van der Waals surface area contributed by atoms with Crippen molar-refractivity contribution in [2.24, 2.45) is 0 Å². The lowest BCUT2D eigenvalue weighted by Gasteiger charge is -2.05. The highest BCUT2D eigenvalue weighted by Gasteiger charge is 2.11. The van der Waals surface area contributed by atoms with Crippen molar-refractivity contribution in [1.82, 2.24) is 0 Å². The Hall–Kier alpha value is -0.900. The van der Waals surface area contributed by atoms with Crippen LogP contribution in [0.4, 0.5) is 0 Å². The highest BCUT2D eigenvalue weighted by molar-refractivity contribution is 5.85. The van der Waals surface area contributed by atoms with Gasteiger partial charge in [-0.15, -0.1) is 0 Å². The first-order valence-electron chi connectivity index (χ1n) is 5.94. The van der Waals surface area contributed by atoms with Gasteiger partial charge in [0, 0.05) is 6.42 Å². The molecule has 4 heteroatoms. The minimum Gasteiger partial charge on any atom is -0.458 e. The summed E-state index contributed by atoms with van der Waals surface area (Å²) < 4.78 is 4.72. The molecule has 1 atom stereocenters. The zero-order valence-electron chi connectivity index (χ0n) is 10.2. The van der Waals surface area contributed by atoms with Crippen LogP contribution in [-0.4, -0.2) is 29.6 Å². The Kier molecular flexibility index (Phi) is 8.81. The molecule has 0 aliphatic heterocycles. The molecule has 0 amide bonds. The van der Waals surface area contributed by atoms with Crippen LogP contribution in [0.5, 0.6) is 0 Å². The minimum atomic E-state index is -1.06. The minimum absolute atomic E-state index is 0.314. The SMILES string of the molecule is CCCCCCCC(=O)OCC(=O)C(C)O. The summed E-state index contributed by atoms with van der Waals surface area (Å²) in [5.74, 6) is -0.815. The van der Waals surface area contributed by atoms with Crippen LogP contribution >= 0.6 is 0 Å². The van der Waals surface area contributed by atoms with E-state index in [-0.39, 0.29) is 12.6 Å². The first kappa shape index (κ1) is 15.1. The molecule has 0 aromatic heterocycles. The summed E-state index contributed by atoms with van der Waals surface area (Å²) in [7, 11) is 0. The third-order valence-electron chi connectivity index (χ3n) is 2.33. The van der Waals surface area contributed by atoms with Gasteiger partial charge in [-0.2, -0.15) is 0 Å². The molecule has 0 aliphatic carbocycles. The van der Waals surface area contributed by atoms with Gasteiger partial charge in [0.1, 0.15) is 6.10 Å². The molecule has 0 aliphatic rings. The topological polar surface area (TPSA) is 63.6 Å². The molecule has 0 bridgehead atoms. The predicted molar refractivity (Wildman–Crippen MR) is 61.0 cm³/mol. The summed E-state index contributed by atoms with van der Waals surface area (Å²) in [6, 6.07) is 0. The zero-order chi connectivity index (χ0) is 12.4. The van der Waals surface area contributed by atoms with E-state index in [0.29, 0.717) is 6.42 Å². The lowest BCUT2D eigenvalue weighted by molar-refractivity contribution is -0.150. The zero-order valence-corrected chi connectivity index (χ0v) is 10.2. The van der Waals surface area contributed by atoms with Crippen LogP contribution in [-0.2, 0) is 14.3 Å². The molecule has 0 heterocycles. The van der Waals surface area contributed by atoms with Gasteiger partial charge in [0.15, 0.2) is 12.4 Å². The third kappa shape index (κ3) is 8.41. The van der Waals surface area contributed by atoms with Gasteiger partial charge in [-0.05, 0) is 13.3 Å². The van der Waals surface area contributed by atoms with E-state index in [9.17, 15) is 9.59 Å². The molecular weight excluding hydrogens is 208 g/mol. The van der Waals surface area contributed by atoms with Gasteiger partial charge < -0.3 is 9.84 Å². The molecule has 1 unspecified atom stereocenters. The number of aliphatic hydroxyl groups excluding tert-OH is 1. The molecule has 1 N–H and O–H groups in total. The number of unbranched alkanes of at least 4 members (excludes halogenated alkanes) is 4. The number of carbonyl (C=O) groups excluding carboxylic acids is 2. The molecule has 94 valence electrons. The van der Waals surface area contributed by atoms with Crippen LogP contribution < -0.4 is 0 Å². The Morgan fingerprint density at radius 3 is 2.38 bits per heavy atom. The van der Waals surface area contributed by atoms with Crippen LogP contribution in [0.1, 0.15) is 52.4 Å². The van der Waals surface area contributed by atoms with Crippen molar-refractivity contribution in [3.8, 4) is 0 Å². The molecular formula is C12H22O4. The number of hydrogen-bond acceptors (Lipinski definition) is 4. The molecule has 0 aromatic rings. The predicted octanol–water partition coefficient (Wildman–Crippen LogP) is 1.84. The number of ether oxygens (including phenoxy) is 1. The summed E-state index contributed by atoms with van der Waals surface area (Å²) in [6.45, 7) is 3.18. The molecule has 16 heavy (non-hydrogen) atoms. The molecule has 0 rings (SSSR count). The smallest absolute Gasteiger partial charge is 0.306 e. The van der Waals surface area contributed by atoms with E-state index in [1.54, 1.807) is 0 Å². The van der Waals surface area contributed by atoms with Crippen molar-refractivity contribution < 1.29 is 19.4 Å². The van der Waals surface area contributed by atoms with Crippen molar-refractivity contribution in [3.05, 3.63) is 0 Å². The normalized spacial score (nSPS) is 12.2. The van der Waals surface area contributed by atoms with E-state index in [1.165, 1.54) is 19.8 Å². The van der Waals surface area contributed by atoms with Gasteiger partial charge in [0.05, 0.1) is 0 Å². The van der Waals surface area contributed by atoms with Gasteiger partial charge >= 0.3 is 5.97 Å². The van der Waals surface area contributed by atoms with Crippen molar-refractivity contribution in [2.75, 3.05) is 6.61 Å². The first-order valence-corrected chi connectivity index (χ1v) is 5.94. The van der Waals surface area contributed by atoms with E-state index >= 15 is 0 Å². The number of aliphatic hydroxyl groups is 1. The van der Waals surface area contributed by atoms with Crippen molar-refractivity contribution in [2.45, 2.75) is 58.5 Å². The molecule has 0 radical (unpaired) electrons. The summed E-state index contributed by atoms with van der Waals surface area (Å²) >= 11 is 0. The van der Waals surface area contributed by atoms with E-state index in [0.717, 1.165) is 19.3 Å². The van der Waals surface area contributed by atoms with Gasteiger partial charge in [-0.25, -0.2) is 0 Å². The Labute approximate surface area is 97.0 Å². The Morgan fingerprint density at radius 2 is 1.81 bits per heavy atom. The highest BCUT2D eigenvalue weighted by Crippen LogP contribution is 2.05. The maximum absolute atomic E-state index is 11.1. The third-order valence-corrected chi connectivity index (χ3v) is 2.33. The number of hydrogen-bond donors (Lipinski definition) is 1. The van der Waals surface area contributed by atoms with E-state index in [1.807, 2.05) is 0 Å². The van der Waals surface area contributed by atoms with Gasteiger partial charge in [0.2, 0.25) is 0 Å². The van der Waals surface area contributed by atoms with Crippen LogP contribution in [0, 0.1) is 0 Å². The number of ketones is 1. The van der Waals surface area contributed by atoms with Crippen molar-refractivity contribution >= 4 is 11.8 Å². The van der Waals surface area contributed by atoms with Crippen molar-refractivity contribution in [3.63, 3.8) is 0 Å². The quantitative estimate of drug-likeness (QED) is 0.485. The highest BCUT2D eigenvalue weighted by atomic mass is 16.5. The summed E-state index contributed by atoms with van der Waals surface area (Å²) in [4.78, 5) is 22.1. The molecule has 0 spiro atoms. The maximum Gasteiger partial charge on any atom is 0.306 e. The fourth-order valence-corrected chi connectivity index (χ4v) is 1.22. The van der Waals surface area contributed by atoms with Crippen molar-refractivity contribution in [1.29, 1.82) is 0 Å². The molecule has 4 nitrogen and oxygen atoms in total. The van der Waals surface area contributed by atoms with E-state index < -0.39 is 11.9 Å². The lowest BCUT2D eigenvalue weighted by Crippen LogP contribution is -2.23. The fraction of sp³-hybridized carbons (Fsp3) is 0.833. The second-order valence-electron chi connectivity index (χ2n) is 3.97. The summed E-state index contributed by atoms with van der Waals surface area (Å²) in [5.41, 5.74) is 0. The average molecular weight is 230 g/mol. The second kappa shape index (κ2) is 9.33. The monoisotopic (exact) mass is 230 g/mol. The van der Waals surface area contributed by atoms with E-state index in [4.69, 9.17) is 9.84 Å². The van der Waals surface area contributed by atoms with E-state index in [2.05, 4.69) is 6.92 Å². The van der Waals surface area contributed by atoms with Gasteiger partial charge in [-0.1, -0.05) is 32.6 Å². The number of carbonyl (C=O) groups is 2. The maximum atomic E-state index is 11.1. The Morgan fingerprint density at radius 1 is 1.19 bits per heavy atom. The Bertz CT molecular complexity index is 211. The fourth-order valence-electron chi connectivity index (χ4n) is 1.22. The van der Waals surface area contributed by atoms with Crippen LogP contribution in [0.2, 0.25) is 0 Å². The summed E-state index contributed by atoms with van der Waals surface area (Å²) in [5, 5.41) is 8.87. The van der Waals surface area contributed by atoms with Gasteiger partial charge in [0.25, 0.3) is 0 Å². The average Bonchev–Trinajstić information content (AvgIpc) is 2.25. The van der Waals surface area contributed by atoms with Crippen LogP contribution in [0.3, 0.4) is 0 Å². The molecule has 0 saturated heterocycles. The van der Waals surface area contributed by atoms with Crippen LogP contribution in [0.25, 0.3) is 0 Å². The Balaban J connectivity index is 3.41. The number of Topliss-reactive ketones (excluding diaryl/α,β-unsaturated/α-hetero) is 1. The largest absolute Gasteiger partial charge is 0.458 e. The standard InChI is InChI=1S/C12H22O4/c1-3-4-5-6-7-8-12(15)16-9-11(14)10(2)13/h10,13H,3-9H2,1-2H3. The van der Waals surface area contributed by atoms with Crippen LogP contribution in [0.15, 0.2) is 0 Å².